The van der Waals surface area contributed by atoms with Crippen molar-refractivity contribution < 1.29 is 14.3 Å². The molecule has 154 valence electrons. The Morgan fingerprint density at radius 1 is 1.00 bits per heavy atom. The summed E-state index contributed by atoms with van der Waals surface area (Å²) in [6, 6.07) is 20.9. The first-order chi connectivity index (χ1) is 14.6. The van der Waals surface area contributed by atoms with E-state index in [1.54, 1.807) is 32.4 Å². The van der Waals surface area contributed by atoms with Gasteiger partial charge >= 0.3 is 6.03 Å². The van der Waals surface area contributed by atoms with Gasteiger partial charge in [0, 0.05) is 23.3 Å². The van der Waals surface area contributed by atoms with Crippen molar-refractivity contribution in [3.05, 3.63) is 88.4 Å². The number of rotatable bonds is 4. The minimum absolute atomic E-state index is 0.170. The number of anilines is 1. The van der Waals surface area contributed by atoms with Crippen LogP contribution in [0.3, 0.4) is 0 Å². The van der Waals surface area contributed by atoms with Crippen LogP contribution >= 0.6 is 11.6 Å². The maximum atomic E-state index is 13.3. The quantitative estimate of drug-likeness (QED) is 0.600. The van der Waals surface area contributed by atoms with Crippen LogP contribution in [0.4, 0.5) is 10.5 Å². The molecule has 30 heavy (non-hydrogen) atoms. The smallest absolute Gasteiger partial charge is 0.322 e. The molecule has 5 nitrogen and oxygen atoms in total. The summed E-state index contributed by atoms with van der Waals surface area (Å²) in [5.74, 6) is 1.18. The van der Waals surface area contributed by atoms with Gasteiger partial charge in [-0.05, 0) is 47.4 Å². The lowest BCUT2D eigenvalue weighted by Crippen LogP contribution is -2.43. The van der Waals surface area contributed by atoms with Crippen LogP contribution in [0.2, 0.25) is 5.02 Å². The summed E-state index contributed by atoms with van der Waals surface area (Å²) in [6.07, 6.45) is 0.805. The first-order valence-corrected chi connectivity index (χ1v) is 10.1. The Kier molecular flexibility index (Phi) is 5.81. The fourth-order valence-corrected chi connectivity index (χ4v) is 4.03. The van der Waals surface area contributed by atoms with Gasteiger partial charge < -0.3 is 19.7 Å². The predicted molar refractivity (Wildman–Crippen MR) is 119 cm³/mol. The molecule has 2 amide bonds. The average Bonchev–Trinajstić information content (AvgIpc) is 2.78. The highest BCUT2D eigenvalue weighted by atomic mass is 35.5. The lowest BCUT2D eigenvalue weighted by atomic mass is 9.88. The zero-order chi connectivity index (χ0) is 21.1. The number of nitrogens with one attached hydrogen (secondary N) is 1. The van der Waals surface area contributed by atoms with Crippen LogP contribution in [0.5, 0.6) is 11.5 Å². The Labute approximate surface area is 181 Å². The molecule has 0 bridgehead atoms. The monoisotopic (exact) mass is 422 g/mol. The van der Waals surface area contributed by atoms with Crippen LogP contribution in [0.1, 0.15) is 22.7 Å². The predicted octanol–water partition coefficient (Wildman–Crippen LogP) is 5.54. The molecule has 1 atom stereocenters. The fraction of sp³-hybridized carbons (Fsp3) is 0.208. The van der Waals surface area contributed by atoms with E-state index in [1.165, 1.54) is 5.56 Å². The third kappa shape index (κ3) is 3.94. The molecule has 0 aliphatic carbocycles. The Balaban J connectivity index is 1.66. The Morgan fingerprint density at radius 3 is 2.47 bits per heavy atom. The number of hydrogen-bond donors (Lipinski definition) is 1. The number of amides is 2. The Bertz CT molecular complexity index is 1050. The summed E-state index contributed by atoms with van der Waals surface area (Å²) >= 11 is 6.10. The Hall–Kier alpha value is -3.18. The molecule has 0 saturated carbocycles. The van der Waals surface area contributed by atoms with E-state index >= 15 is 0 Å². The van der Waals surface area contributed by atoms with Gasteiger partial charge in [0.05, 0.1) is 20.3 Å². The fourth-order valence-electron chi connectivity index (χ4n) is 3.90. The summed E-state index contributed by atoms with van der Waals surface area (Å²) in [7, 11) is 3.15. The highest BCUT2D eigenvalue weighted by molar-refractivity contribution is 6.30. The zero-order valence-corrected chi connectivity index (χ0v) is 17.6. The molecule has 1 aliphatic heterocycles. The van der Waals surface area contributed by atoms with Crippen molar-refractivity contribution in [3.8, 4) is 11.5 Å². The molecule has 4 rings (SSSR count). The van der Waals surface area contributed by atoms with Crippen molar-refractivity contribution in [3.63, 3.8) is 0 Å². The number of methoxy groups -OCH3 is 2. The van der Waals surface area contributed by atoms with E-state index in [2.05, 4.69) is 17.4 Å². The van der Waals surface area contributed by atoms with Crippen molar-refractivity contribution in [2.75, 3.05) is 26.1 Å². The number of fused-ring (bicyclic) bond motifs is 1. The largest absolute Gasteiger partial charge is 0.493 e. The van der Waals surface area contributed by atoms with Crippen LogP contribution < -0.4 is 14.8 Å². The van der Waals surface area contributed by atoms with Gasteiger partial charge in [-0.25, -0.2) is 4.79 Å². The number of hydrogen-bond acceptors (Lipinski definition) is 3. The van der Waals surface area contributed by atoms with Gasteiger partial charge in [0.15, 0.2) is 11.5 Å². The van der Waals surface area contributed by atoms with Crippen molar-refractivity contribution in [1.82, 2.24) is 4.90 Å². The zero-order valence-electron chi connectivity index (χ0n) is 16.9. The van der Waals surface area contributed by atoms with Crippen LogP contribution in [0, 0.1) is 0 Å². The number of ether oxygens (including phenoxy) is 2. The van der Waals surface area contributed by atoms with E-state index < -0.39 is 0 Å². The summed E-state index contributed by atoms with van der Waals surface area (Å²) in [5.41, 5.74) is 4.06. The Morgan fingerprint density at radius 2 is 1.73 bits per heavy atom. The highest BCUT2D eigenvalue weighted by Gasteiger charge is 2.32. The second-order valence-corrected chi connectivity index (χ2v) is 7.53. The number of nitrogens with zero attached hydrogens (tertiary/aromatic N) is 1. The molecule has 0 saturated heterocycles. The van der Waals surface area contributed by atoms with Gasteiger partial charge in [0.25, 0.3) is 0 Å². The van der Waals surface area contributed by atoms with E-state index in [1.807, 2.05) is 41.3 Å². The van der Waals surface area contributed by atoms with Crippen LogP contribution in [-0.4, -0.2) is 31.7 Å². The normalized spacial score (nSPS) is 15.3. The SMILES string of the molecule is COc1ccc(NC(=O)N2CCc3ccccc3C2c2ccc(Cl)cc2)cc1OC. The number of carbonyl (C=O) groups excluding carboxylic acids is 1. The number of benzene rings is 3. The van der Waals surface area contributed by atoms with E-state index in [0.29, 0.717) is 28.8 Å². The van der Waals surface area contributed by atoms with Crippen LogP contribution in [0.15, 0.2) is 66.7 Å². The molecule has 1 heterocycles. The molecular weight excluding hydrogens is 400 g/mol. The lowest BCUT2D eigenvalue weighted by molar-refractivity contribution is 0.194. The minimum atomic E-state index is -0.188. The van der Waals surface area contributed by atoms with Crippen molar-refractivity contribution in [2.24, 2.45) is 0 Å². The van der Waals surface area contributed by atoms with Crippen molar-refractivity contribution in [1.29, 1.82) is 0 Å². The molecule has 1 aliphatic rings. The van der Waals surface area contributed by atoms with E-state index in [9.17, 15) is 4.79 Å². The third-order valence-corrected chi connectivity index (χ3v) is 5.62. The third-order valence-electron chi connectivity index (χ3n) is 5.36. The van der Waals surface area contributed by atoms with Gasteiger partial charge in [-0.1, -0.05) is 48.0 Å². The molecular formula is C24H23ClN2O3. The topological polar surface area (TPSA) is 50.8 Å². The lowest BCUT2D eigenvalue weighted by Gasteiger charge is -2.37. The average molecular weight is 423 g/mol. The molecule has 0 fully saturated rings. The molecule has 1 unspecified atom stereocenters. The van der Waals surface area contributed by atoms with Crippen molar-refractivity contribution in [2.45, 2.75) is 12.5 Å². The van der Waals surface area contributed by atoms with Gasteiger partial charge in [-0.3, -0.25) is 0 Å². The first-order valence-electron chi connectivity index (χ1n) is 9.73. The molecule has 6 heteroatoms. The van der Waals surface area contributed by atoms with Gasteiger partial charge in [-0.2, -0.15) is 0 Å². The summed E-state index contributed by atoms with van der Waals surface area (Å²) < 4.78 is 10.6. The van der Waals surface area contributed by atoms with Crippen molar-refractivity contribution >= 4 is 23.3 Å². The molecule has 0 spiro atoms. The van der Waals surface area contributed by atoms with E-state index in [-0.39, 0.29) is 12.1 Å². The van der Waals surface area contributed by atoms with E-state index in [4.69, 9.17) is 21.1 Å². The molecule has 3 aromatic carbocycles. The molecule has 1 N–H and O–H groups in total. The molecule has 3 aromatic rings. The first kappa shape index (κ1) is 20.1. The summed E-state index contributed by atoms with van der Waals surface area (Å²) in [5, 5.41) is 3.68. The number of carbonyl (C=O) groups is 1. The minimum Gasteiger partial charge on any atom is -0.493 e. The molecule has 0 aromatic heterocycles. The van der Waals surface area contributed by atoms with Gasteiger partial charge in [-0.15, -0.1) is 0 Å². The molecule has 0 radical (unpaired) electrons. The standard InChI is InChI=1S/C24H23ClN2O3/c1-29-21-12-11-19(15-22(21)30-2)26-24(28)27-14-13-16-5-3-4-6-20(16)23(27)17-7-9-18(25)10-8-17/h3-12,15,23H,13-14H2,1-2H3,(H,26,28). The van der Waals surface area contributed by atoms with Crippen LogP contribution in [-0.2, 0) is 6.42 Å². The number of halogens is 1. The van der Waals surface area contributed by atoms with E-state index in [0.717, 1.165) is 17.5 Å². The summed E-state index contributed by atoms with van der Waals surface area (Å²) in [6.45, 7) is 0.615. The van der Waals surface area contributed by atoms with Gasteiger partial charge in [0.2, 0.25) is 0 Å². The summed E-state index contributed by atoms with van der Waals surface area (Å²) in [4.78, 5) is 15.2. The second kappa shape index (κ2) is 8.67. The van der Waals surface area contributed by atoms with Gasteiger partial charge in [0.1, 0.15) is 0 Å². The maximum absolute atomic E-state index is 13.3. The van der Waals surface area contributed by atoms with Crippen LogP contribution in [0.25, 0.3) is 0 Å². The number of urea groups is 1. The second-order valence-electron chi connectivity index (χ2n) is 7.10. The highest BCUT2D eigenvalue weighted by Crippen LogP contribution is 2.36. The maximum Gasteiger partial charge on any atom is 0.322 e.